The number of nitrogens with zero attached hydrogens (tertiary/aromatic N) is 1. The Hall–Kier alpha value is -3.10. The van der Waals surface area contributed by atoms with E-state index in [0.29, 0.717) is 25.3 Å². The number of aromatic nitrogens is 2. The number of hydrogen-bond donors (Lipinski definition) is 1. The smallest absolute Gasteiger partial charge is 0.338 e. The Bertz CT molecular complexity index is 1200. The number of H-pyrrole nitrogens is 1. The fraction of sp³-hybridized carbons (Fsp3) is 0.261. The molecule has 0 saturated heterocycles. The number of halogens is 7. The van der Waals surface area contributed by atoms with Crippen molar-refractivity contribution in [2.45, 2.75) is 31.6 Å². The monoisotopic (exact) mass is 454 g/mol. The summed E-state index contributed by atoms with van der Waals surface area (Å²) in [6.45, 7) is 0. The lowest BCUT2D eigenvalue weighted by Crippen LogP contribution is -2.09. The number of alkyl halides is 6. The van der Waals surface area contributed by atoms with Crippen molar-refractivity contribution < 1.29 is 30.7 Å². The third-order valence-corrected chi connectivity index (χ3v) is 5.38. The fourth-order valence-corrected chi connectivity index (χ4v) is 3.80. The summed E-state index contributed by atoms with van der Waals surface area (Å²) in [5.74, 6) is -0.0133. The molecule has 0 saturated carbocycles. The number of fused-ring (bicyclic) bond motifs is 1. The summed E-state index contributed by atoms with van der Waals surface area (Å²) in [4.78, 5) is 6.76. The van der Waals surface area contributed by atoms with Crippen LogP contribution in [0.3, 0.4) is 0 Å². The Morgan fingerprint density at radius 1 is 0.969 bits per heavy atom. The maximum Gasteiger partial charge on any atom is 0.418 e. The van der Waals surface area contributed by atoms with E-state index in [-0.39, 0.29) is 39.7 Å². The van der Waals surface area contributed by atoms with Crippen molar-refractivity contribution in [1.82, 2.24) is 9.97 Å². The van der Waals surface area contributed by atoms with Gasteiger partial charge in [0.25, 0.3) is 0 Å². The van der Waals surface area contributed by atoms with E-state index >= 15 is 0 Å². The zero-order chi connectivity index (χ0) is 23.1. The zero-order valence-corrected chi connectivity index (χ0v) is 16.5. The van der Waals surface area contributed by atoms with Gasteiger partial charge < -0.3 is 4.98 Å². The Labute approximate surface area is 178 Å². The van der Waals surface area contributed by atoms with Gasteiger partial charge in [0.2, 0.25) is 0 Å². The number of nitrogens with one attached hydrogen (secondary N) is 1. The number of allylic oxidation sites excluding steroid dienone is 3. The lowest BCUT2D eigenvalue weighted by Gasteiger charge is -2.15. The topological polar surface area (TPSA) is 28.7 Å². The molecule has 3 aromatic rings. The summed E-state index contributed by atoms with van der Waals surface area (Å²) >= 11 is 0. The Kier molecular flexibility index (Phi) is 5.60. The van der Waals surface area contributed by atoms with Gasteiger partial charge in [0.15, 0.2) is 0 Å². The molecule has 0 fully saturated rings. The molecule has 168 valence electrons. The standard InChI is InChI=1S/C23H17F7N2/c24-15-8-5-13(6-9-15)7-10-20-31-19-12-14(11-18(21(19)32-20)23(28,29)30)16-3-1-2-4-17(16)22(25,26)27/h1-4,7-8,10-13H,5-6,9H2,(H,31,32)/b10-7+. The molecule has 1 aliphatic rings. The molecule has 9 heteroatoms. The van der Waals surface area contributed by atoms with Gasteiger partial charge in [-0.05, 0) is 60.6 Å². The van der Waals surface area contributed by atoms with Crippen molar-refractivity contribution in [3.8, 4) is 11.1 Å². The second-order valence-electron chi connectivity index (χ2n) is 7.63. The van der Waals surface area contributed by atoms with Crippen LogP contribution in [-0.4, -0.2) is 9.97 Å². The second-order valence-corrected chi connectivity index (χ2v) is 7.63. The van der Waals surface area contributed by atoms with Gasteiger partial charge in [0.05, 0.1) is 28.0 Å². The van der Waals surface area contributed by atoms with Crippen molar-refractivity contribution in [3.63, 3.8) is 0 Å². The molecular weight excluding hydrogens is 437 g/mol. The summed E-state index contributed by atoms with van der Waals surface area (Å²) in [6, 6.07) is 6.39. The van der Waals surface area contributed by atoms with Crippen LogP contribution in [0.1, 0.15) is 36.2 Å². The van der Waals surface area contributed by atoms with Crippen LogP contribution >= 0.6 is 0 Å². The molecule has 0 radical (unpaired) electrons. The zero-order valence-electron chi connectivity index (χ0n) is 16.5. The Balaban J connectivity index is 1.80. The van der Waals surface area contributed by atoms with Crippen molar-refractivity contribution in [3.05, 3.63) is 71.3 Å². The van der Waals surface area contributed by atoms with Crippen LogP contribution in [0, 0.1) is 5.92 Å². The highest BCUT2D eigenvalue weighted by molar-refractivity contribution is 5.87. The summed E-state index contributed by atoms with van der Waals surface area (Å²) in [6.07, 6.45) is -3.43. The summed E-state index contributed by atoms with van der Waals surface area (Å²) < 4.78 is 94.6. The van der Waals surface area contributed by atoms with Crippen LogP contribution in [-0.2, 0) is 12.4 Å². The van der Waals surface area contributed by atoms with Gasteiger partial charge in [0, 0.05) is 0 Å². The molecule has 1 aliphatic carbocycles. The first-order valence-corrected chi connectivity index (χ1v) is 9.82. The maximum atomic E-state index is 13.7. The molecule has 2 nitrogen and oxygen atoms in total. The molecule has 1 heterocycles. The highest BCUT2D eigenvalue weighted by Crippen LogP contribution is 2.41. The first kappa shape index (κ1) is 22.1. The van der Waals surface area contributed by atoms with E-state index in [9.17, 15) is 30.7 Å². The lowest BCUT2D eigenvalue weighted by molar-refractivity contribution is -0.137. The van der Waals surface area contributed by atoms with Crippen molar-refractivity contribution in [2.75, 3.05) is 0 Å². The van der Waals surface area contributed by atoms with Crippen LogP contribution in [0.4, 0.5) is 30.7 Å². The molecule has 1 aromatic heterocycles. The molecule has 1 N–H and O–H groups in total. The summed E-state index contributed by atoms with van der Waals surface area (Å²) in [5, 5.41) is 0. The predicted octanol–water partition coefficient (Wildman–Crippen LogP) is 7.93. The molecule has 32 heavy (non-hydrogen) atoms. The van der Waals surface area contributed by atoms with Gasteiger partial charge in [-0.15, -0.1) is 0 Å². The minimum Gasteiger partial charge on any atom is -0.338 e. The predicted molar refractivity (Wildman–Crippen MR) is 107 cm³/mol. The number of aromatic amines is 1. The third-order valence-electron chi connectivity index (χ3n) is 5.38. The Morgan fingerprint density at radius 2 is 1.69 bits per heavy atom. The third kappa shape index (κ3) is 4.56. The van der Waals surface area contributed by atoms with E-state index in [4.69, 9.17) is 0 Å². The van der Waals surface area contributed by atoms with Crippen molar-refractivity contribution in [2.24, 2.45) is 5.92 Å². The largest absolute Gasteiger partial charge is 0.418 e. The highest BCUT2D eigenvalue weighted by Gasteiger charge is 2.36. The van der Waals surface area contributed by atoms with Gasteiger partial charge in [0.1, 0.15) is 5.82 Å². The van der Waals surface area contributed by atoms with Crippen LogP contribution in [0.5, 0.6) is 0 Å². The molecule has 0 aliphatic heterocycles. The van der Waals surface area contributed by atoms with E-state index in [1.165, 1.54) is 30.4 Å². The fourth-order valence-electron chi connectivity index (χ4n) is 3.80. The summed E-state index contributed by atoms with van der Waals surface area (Å²) in [7, 11) is 0. The number of hydrogen-bond acceptors (Lipinski definition) is 1. The van der Waals surface area contributed by atoms with E-state index in [2.05, 4.69) is 9.97 Å². The van der Waals surface area contributed by atoms with Gasteiger partial charge in [-0.25, -0.2) is 9.37 Å². The van der Waals surface area contributed by atoms with Crippen LogP contribution in [0.2, 0.25) is 0 Å². The summed E-state index contributed by atoms with van der Waals surface area (Å²) in [5.41, 5.74) is -3.12. The van der Waals surface area contributed by atoms with E-state index in [1.807, 2.05) is 0 Å². The maximum absolute atomic E-state index is 13.7. The normalized spacial score (nSPS) is 17.8. The van der Waals surface area contributed by atoms with Crippen LogP contribution < -0.4 is 0 Å². The van der Waals surface area contributed by atoms with Gasteiger partial charge in [-0.2, -0.15) is 26.3 Å². The molecule has 0 amide bonds. The minimum atomic E-state index is -4.80. The second kappa shape index (κ2) is 8.11. The number of rotatable bonds is 3. The first-order valence-electron chi connectivity index (χ1n) is 9.82. The van der Waals surface area contributed by atoms with Crippen LogP contribution in [0.15, 0.2) is 54.4 Å². The van der Waals surface area contributed by atoms with Gasteiger partial charge >= 0.3 is 12.4 Å². The quantitative estimate of drug-likeness (QED) is 0.400. The number of imidazole rings is 1. The highest BCUT2D eigenvalue weighted by atomic mass is 19.4. The molecule has 0 spiro atoms. The minimum absolute atomic E-state index is 0.0269. The lowest BCUT2D eigenvalue weighted by atomic mass is 9.93. The van der Waals surface area contributed by atoms with E-state index in [1.54, 1.807) is 6.08 Å². The van der Waals surface area contributed by atoms with Gasteiger partial charge in [-0.1, -0.05) is 30.4 Å². The molecule has 1 atom stereocenters. The van der Waals surface area contributed by atoms with Crippen molar-refractivity contribution >= 4 is 17.1 Å². The Morgan fingerprint density at radius 3 is 2.34 bits per heavy atom. The molecule has 4 rings (SSSR count). The molecule has 2 aromatic carbocycles. The average molecular weight is 454 g/mol. The number of benzene rings is 2. The SMILES string of the molecule is FC1=CCC(/C=C/c2nc3cc(-c4ccccc4C(F)(F)F)cc(C(F)(F)F)c3[nH]2)CC1. The van der Waals surface area contributed by atoms with Crippen LogP contribution in [0.25, 0.3) is 28.2 Å². The van der Waals surface area contributed by atoms with Crippen molar-refractivity contribution in [1.29, 1.82) is 0 Å². The van der Waals surface area contributed by atoms with Gasteiger partial charge in [-0.3, -0.25) is 0 Å². The first-order chi connectivity index (χ1) is 15.0. The van der Waals surface area contributed by atoms with E-state index in [0.717, 1.165) is 12.1 Å². The van der Waals surface area contributed by atoms with E-state index < -0.39 is 23.5 Å². The molecular formula is C23H17F7N2. The molecule has 0 bridgehead atoms. The average Bonchev–Trinajstić information content (AvgIpc) is 3.14. The molecule has 1 unspecified atom stereocenters.